The first kappa shape index (κ1) is 12.7. The minimum Gasteiger partial charge on any atom is -0.458 e. The molecule has 2 aromatic rings. The van der Waals surface area contributed by atoms with E-state index in [0.717, 1.165) is 24.3 Å². The lowest BCUT2D eigenvalue weighted by Crippen LogP contribution is -2.50. The molecule has 1 aliphatic heterocycles. The molecule has 1 N–H and O–H groups in total. The van der Waals surface area contributed by atoms with Gasteiger partial charge in [0.15, 0.2) is 0 Å². The van der Waals surface area contributed by atoms with E-state index in [0.29, 0.717) is 6.61 Å². The van der Waals surface area contributed by atoms with Gasteiger partial charge in [-0.05, 0) is 26.3 Å². The van der Waals surface area contributed by atoms with Crippen LogP contribution in [-0.2, 0) is 11.2 Å². The predicted molar refractivity (Wildman–Crippen MR) is 76.4 cm³/mol. The monoisotopic (exact) mass is 259 g/mol. The summed E-state index contributed by atoms with van der Waals surface area (Å²) in [6, 6.07) is 8.22. The van der Waals surface area contributed by atoms with E-state index in [1.165, 1.54) is 10.9 Å². The van der Waals surface area contributed by atoms with Gasteiger partial charge in [-0.1, -0.05) is 25.1 Å². The van der Waals surface area contributed by atoms with Crippen molar-refractivity contribution >= 4 is 11.0 Å². The van der Waals surface area contributed by atoms with Crippen LogP contribution in [0.1, 0.15) is 38.2 Å². The maximum Gasteiger partial charge on any atom is 0.138 e. The Hall–Kier alpha value is -1.32. The van der Waals surface area contributed by atoms with E-state index >= 15 is 0 Å². The highest BCUT2D eigenvalue weighted by atomic mass is 16.5. The molecule has 1 aromatic heterocycles. The SMILES string of the molecule is CCc1c(C2CNC(C)(C)CO2)oc2ccccc12. The number of aryl methyl sites for hydroxylation is 1. The first-order chi connectivity index (χ1) is 9.11. The molecule has 1 fully saturated rings. The Morgan fingerprint density at radius 3 is 2.79 bits per heavy atom. The lowest BCUT2D eigenvalue weighted by Gasteiger charge is -2.35. The van der Waals surface area contributed by atoms with Gasteiger partial charge >= 0.3 is 0 Å². The third-order valence-corrected chi connectivity index (χ3v) is 3.79. The molecule has 102 valence electrons. The minimum absolute atomic E-state index is 0.0235. The third-order valence-electron chi connectivity index (χ3n) is 3.79. The molecule has 1 aromatic carbocycles. The summed E-state index contributed by atoms with van der Waals surface area (Å²) in [5.74, 6) is 0.992. The van der Waals surface area contributed by atoms with Crippen LogP contribution < -0.4 is 5.32 Å². The lowest BCUT2D eigenvalue weighted by atomic mass is 10.0. The number of nitrogens with one attached hydrogen (secondary N) is 1. The Morgan fingerprint density at radius 1 is 1.32 bits per heavy atom. The standard InChI is InChI=1S/C16H21NO2/c1-4-11-12-7-5-6-8-13(12)19-15(11)14-9-17-16(2,3)10-18-14/h5-8,14,17H,4,9-10H2,1-3H3. The molecule has 3 nitrogen and oxygen atoms in total. The summed E-state index contributed by atoms with van der Waals surface area (Å²) in [4.78, 5) is 0. The molecule has 0 aliphatic carbocycles. The zero-order valence-electron chi connectivity index (χ0n) is 11.8. The molecular weight excluding hydrogens is 238 g/mol. The van der Waals surface area contributed by atoms with Crippen LogP contribution in [0.5, 0.6) is 0 Å². The first-order valence-corrected chi connectivity index (χ1v) is 6.97. The minimum atomic E-state index is 0.0235. The number of furan rings is 1. The maximum atomic E-state index is 6.03. The maximum absolute atomic E-state index is 6.03. The summed E-state index contributed by atoms with van der Waals surface area (Å²) >= 11 is 0. The van der Waals surface area contributed by atoms with Gasteiger partial charge in [-0.15, -0.1) is 0 Å². The molecule has 2 heterocycles. The fraction of sp³-hybridized carbons (Fsp3) is 0.500. The number of morpholine rings is 1. The van der Waals surface area contributed by atoms with Crippen LogP contribution in [0.2, 0.25) is 0 Å². The van der Waals surface area contributed by atoms with Crippen molar-refractivity contribution in [2.24, 2.45) is 0 Å². The van der Waals surface area contributed by atoms with Crippen LogP contribution in [0.3, 0.4) is 0 Å². The van der Waals surface area contributed by atoms with E-state index in [1.54, 1.807) is 0 Å². The highest BCUT2D eigenvalue weighted by Crippen LogP contribution is 2.33. The normalized spacial score (nSPS) is 22.8. The second kappa shape index (κ2) is 4.66. The topological polar surface area (TPSA) is 34.4 Å². The number of benzene rings is 1. The Morgan fingerprint density at radius 2 is 2.11 bits per heavy atom. The van der Waals surface area contributed by atoms with E-state index in [1.807, 2.05) is 12.1 Å². The molecule has 1 aliphatic rings. The van der Waals surface area contributed by atoms with Crippen molar-refractivity contribution < 1.29 is 9.15 Å². The Kier molecular flexibility index (Phi) is 3.11. The van der Waals surface area contributed by atoms with Crippen LogP contribution in [0.4, 0.5) is 0 Å². The predicted octanol–water partition coefficient (Wildman–Crippen LogP) is 3.43. The average Bonchev–Trinajstić information content (AvgIpc) is 2.77. The summed E-state index contributed by atoms with van der Waals surface area (Å²) in [5.41, 5.74) is 2.29. The highest BCUT2D eigenvalue weighted by Gasteiger charge is 2.31. The van der Waals surface area contributed by atoms with Gasteiger partial charge in [-0.3, -0.25) is 0 Å². The molecule has 1 unspecified atom stereocenters. The Bertz CT molecular complexity index is 575. The van der Waals surface area contributed by atoms with Crippen molar-refractivity contribution in [3.8, 4) is 0 Å². The number of rotatable bonds is 2. The van der Waals surface area contributed by atoms with Crippen LogP contribution in [-0.4, -0.2) is 18.7 Å². The summed E-state index contributed by atoms with van der Waals surface area (Å²) in [6.45, 7) is 7.99. The summed E-state index contributed by atoms with van der Waals surface area (Å²) in [5, 5.41) is 4.73. The second-order valence-corrected chi connectivity index (χ2v) is 5.86. The van der Waals surface area contributed by atoms with Gasteiger partial charge in [0.05, 0.1) is 6.61 Å². The van der Waals surface area contributed by atoms with Crippen LogP contribution in [0, 0.1) is 0 Å². The van der Waals surface area contributed by atoms with Crippen molar-refractivity contribution in [2.45, 2.75) is 38.8 Å². The fourth-order valence-electron chi connectivity index (χ4n) is 2.70. The van der Waals surface area contributed by atoms with Gasteiger partial charge in [0.1, 0.15) is 17.4 Å². The fourth-order valence-corrected chi connectivity index (χ4v) is 2.70. The molecule has 0 amide bonds. The first-order valence-electron chi connectivity index (χ1n) is 6.97. The molecule has 3 heteroatoms. The molecule has 1 atom stereocenters. The smallest absolute Gasteiger partial charge is 0.138 e. The molecule has 1 saturated heterocycles. The summed E-state index contributed by atoms with van der Waals surface area (Å²) in [6.07, 6.45) is 0.991. The lowest BCUT2D eigenvalue weighted by molar-refractivity contribution is -0.0327. The van der Waals surface area contributed by atoms with E-state index in [2.05, 4.69) is 38.2 Å². The largest absolute Gasteiger partial charge is 0.458 e. The van der Waals surface area contributed by atoms with Gasteiger partial charge in [-0.25, -0.2) is 0 Å². The van der Waals surface area contributed by atoms with Crippen molar-refractivity contribution in [1.29, 1.82) is 0 Å². The zero-order chi connectivity index (χ0) is 13.5. The summed E-state index contributed by atoms with van der Waals surface area (Å²) in [7, 11) is 0. The van der Waals surface area contributed by atoms with Gasteiger partial charge < -0.3 is 14.5 Å². The van der Waals surface area contributed by atoms with Crippen molar-refractivity contribution in [2.75, 3.05) is 13.2 Å². The van der Waals surface area contributed by atoms with Crippen LogP contribution in [0.15, 0.2) is 28.7 Å². The Labute approximate surface area is 113 Å². The van der Waals surface area contributed by atoms with Gasteiger partial charge in [0.25, 0.3) is 0 Å². The number of ether oxygens (including phenoxy) is 1. The van der Waals surface area contributed by atoms with E-state index in [4.69, 9.17) is 9.15 Å². The molecule has 19 heavy (non-hydrogen) atoms. The van der Waals surface area contributed by atoms with Crippen molar-refractivity contribution in [3.05, 3.63) is 35.6 Å². The van der Waals surface area contributed by atoms with E-state index < -0.39 is 0 Å². The molecule has 3 rings (SSSR count). The van der Waals surface area contributed by atoms with Gasteiger partial charge in [0, 0.05) is 23.0 Å². The molecule has 0 radical (unpaired) electrons. The van der Waals surface area contributed by atoms with Crippen LogP contribution in [0.25, 0.3) is 11.0 Å². The van der Waals surface area contributed by atoms with E-state index in [-0.39, 0.29) is 11.6 Å². The van der Waals surface area contributed by atoms with Gasteiger partial charge in [-0.2, -0.15) is 0 Å². The second-order valence-electron chi connectivity index (χ2n) is 5.86. The number of para-hydroxylation sites is 1. The number of hydrogen-bond acceptors (Lipinski definition) is 3. The highest BCUT2D eigenvalue weighted by molar-refractivity contribution is 5.82. The molecule has 0 spiro atoms. The van der Waals surface area contributed by atoms with Crippen LogP contribution >= 0.6 is 0 Å². The van der Waals surface area contributed by atoms with E-state index in [9.17, 15) is 0 Å². The van der Waals surface area contributed by atoms with Crippen molar-refractivity contribution in [3.63, 3.8) is 0 Å². The van der Waals surface area contributed by atoms with Gasteiger partial charge in [0.2, 0.25) is 0 Å². The average molecular weight is 259 g/mol. The van der Waals surface area contributed by atoms with Crippen molar-refractivity contribution in [1.82, 2.24) is 5.32 Å². The molecule has 0 bridgehead atoms. The zero-order valence-corrected chi connectivity index (χ0v) is 11.8. The number of fused-ring (bicyclic) bond motifs is 1. The Balaban J connectivity index is 1.97. The molecule has 0 saturated carbocycles. The number of hydrogen-bond donors (Lipinski definition) is 1. The molecular formula is C16H21NO2. The quantitative estimate of drug-likeness (QED) is 0.897. The summed E-state index contributed by atoms with van der Waals surface area (Å²) < 4.78 is 12.0. The third kappa shape index (κ3) is 2.28.